The first-order chi connectivity index (χ1) is 16.0. The maximum Gasteiger partial charge on any atom is 0.332 e. The number of anilines is 1. The van der Waals surface area contributed by atoms with Crippen molar-refractivity contribution in [1.29, 1.82) is 0 Å². The molecular weight excluding hydrogens is 452 g/mol. The van der Waals surface area contributed by atoms with E-state index in [1.165, 1.54) is 11.6 Å². The minimum absolute atomic E-state index is 0.183. The van der Waals surface area contributed by atoms with Crippen molar-refractivity contribution in [2.45, 2.75) is 9.79 Å². The molecule has 3 aromatic carbocycles. The predicted octanol–water partition coefficient (Wildman–Crippen LogP) is 4.42. The van der Waals surface area contributed by atoms with Gasteiger partial charge in [-0.15, -0.1) is 0 Å². The van der Waals surface area contributed by atoms with Crippen molar-refractivity contribution >= 4 is 39.4 Å². The van der Waals surface area contributed by atoms with Crippen LogP contribution in [0.25, 0.3) is 0 Å². The zero-order valence-corrected chi connectivity index (χ0v) is 19.8. The van der Waals surface area contributed by atoms with Crippen LogP contribution in [-0.4, -0.2) is 14.1 Å². The first kappa shape index (κ1) is 22.6. The van der Waals surface area contributed by atoms with E-state index in [0.29, 0.717) is 0 Å². The van der Waals surface area contributed by atoms with Gasteiger partial charge in [0.25, 0.3) is 5.56 Å². The Morgan fingerprint density at radius 3 is 1.79 bits per heavy atom. The van der Waals surface area contributed by atoms with Crippen LogP contribution in [0.15, 0.2) is 115 Å². The molecule has 0 aliphatic heterocycles. The normalized spacial score (nSPS) is 10.8. The van der Waals surface area contributed by atoms with Gasteiger partial charge in [-0.1, -0.05) is 66.8 Å². The Hall–Kier alpha value is -3.62. The molecule has 0 amide bonds. The molecule has 6 nitrogen and oxygen atoms in total. The Balaban J connectivity index is 1.97. The van der Waals surface area contributed by atoms with Crippen molar-refractivity contribution in [3.8, 4) is 0 Å². The first-order valence-corrected chi connectivity index (χ1v) is 11.8. The van der Waals surface area contributed by atoms with Crippen LogP contribution in [0.1, 0.15) is 5.56 Å². The molecule has 166 valence electrons. The number of nitrogens with zero attached hydrogens (tertiary/aromatic N) is 3. The van der Waals surface area contributed by atoms with Gasteiger partial charge in [0, 0.05) is 29.6 Å². The third kappa shape index (κ3) is 4.76. The molecule has 0 radical (unpaired) electrons. The summed E-state index contributed by atoms with van der Waals surface area (Å²) in [5, 5.41) is 3.11. The summed E-state index contributed by atoms with van der Waals surface area (Å²) in [6.45, 7) is 0. The summed E-state index contributed by atoms with van der Waals surface area (Å²) in [5.41, 5.74) is -0.0260. The summed E-state index contributed by atoms with van der Waals surface area (Å²) in [6.07, 6.45) is 0. The summed E-state index contributed by atoms with van der Waals surface area (Å²) in [5.74, 6) is 0.243. The number of nitrogens with one attached hydrogen (secondary N) is 1. The number of benzene rings is 3. The molecule has 1 heterocycles. The highest BCUT2D eigenvalue weighted by Crippen LogP contribution is 2.25. The van der Waals surface area contributed by atoms with Crippen LogP contribution in [0.4, 0.5) is 11.5 Å². The van der Waals surface area contributed by atoms with Crippen molar-refractivity contribution in [3.63, 3.8) is 0 Å². The van der Waals surface area contributed by atoms with Crippen LogP contribution in [0, 0.1) is 0 Å². The summed E-state index contributed by atoms with van der Waals surface area (Å²) in [7, 11) is 2.27. The SMILES string of the molecule is Cn1c(N=S(c2ccccc2)c2ccccc2)c(C(=S)Nc2ccccc2)c(=O)n(C)c1=O. The zero-order chi connectivity index (χ0) is 23.4. The molecule has 0 aliphatic carbocycles. The van der Waals surface area contributed by atoms with Crippen LogP contribution in [0.3, 0.4) is 0 Å². The van der Waals surface area contributed by atoms with E-state index in [0.717, 1.165) is 20.0 Å². The molecule has 0 saturated heterocycles. The van der Waals surface area contributed by atoms with Crippen LogP contribution in [0.5, 0.6) is 0 Å². The molecule has 8 heteroatoms. The lowest BCUT2D eigenvalue weighted by atomic mass is 10.2. The highest BCUT2D eigenvalue weighted by molar-refractivity contribution is 7.87. The molecule has 0 saturated carbocycles. The van der Waals surface area contributed by atoms with Gasteiger partial charge in [-0.3, -0.25) is 13.9 Å². The Morgan fingerprint density at radius 1 is 0.788 bits per heavy atom. The van der Waals surface area contributed by atoms with E-state index in [4.69, 9.17) is 16.6 Å². The second-order valence-corrected chi connectivity index (χ2v) is 9.33. The lowest BCUT2D eigenvalue weighted by Crippen LogP contribution is -2.41. The molecule has 0 bridgehead atoms. The zero-order valence-electron chi connectivity index (χ0n) is 18.1. The van der Waals surface area contributed by atoms with Crippen molar-refractivity contribution in [2.24, 2.45) is 18.5 Å². The molecule has 0 fully saturated rings. The highest BCUT2D eigenvalue weighted by atomic mass is 32.2. The maximum absolute atomic E-state index is 13.2. The molecule has 0 aliphatic rings. The average molecular weight is 475 g/mol. The second-order valence-electron chi connectivity index (χ2n) is 7.23. The van der Waals surface area contributed by atoms with E-state index in [1.807, 2.05) is 91.0 Å². The van der Waals surface area contributed by atoms with Gasteiger partial charge >= 0.3 is 5.69 Å². The second kappa shape index (κ2) is 9.89. The van der Waals surface area contributed by atoms with Crippen LogP contribution in [0.2, 0.25) is 0 Å². The predicted molar refractivity (Wildman–Crippen MR) is 138 cm³/mol. The lowest BCUT2D eigenvalue weighted by Gasteiger charge is -2.16. The molecule has 33 heavy (non-hydrogen) atoms. The Kier molecular flexibility index (Phi) is 6.76. The largest absolute Gasteiger partial charge is 0.346 e. The Labute approximate surface area is 199 Å². The fraction of sp³-hybridized carbons (Fsp3) is 0.0800. The first-order valence-electron chi connectivity index (χ1n) is 10.2. The molecule has 4 rings (SSSR count). The van der Waals surface area contributed by atoms with Crippen molar-refractivity contribution in [3.05, 3.63) is 117 Å². The Bertz CT molecular complexity index is 1400. The average Bonchev–Trinajstić information content (AvgIpc) is 2.85. The van der Waals surface area contributed by atoms with Crippen molar-refractivity contribution in [2.75, 3.05) is 5.32 Å². The highest BCUT2D eigenvalue weighted by Gasteiger charge is 2.21. The third-order valence-electron chi connectivity index (χ3n) is 5.00. The summed E-state index contributed by atoms with van der Waals surface area (Å²) < 4.78 is 7.40. The number of para-hydroxylation sites is 1. The molecule has 4 aromatic rings. The monoisotopic (exact) mass is 474 g/mol. The minimum Gasteiger partial charge on any atom is -0.346 e. The summed E-state index contributed by atoms with van der Waals surface area (Å²) in [6, 6.07) is 28.9. The fourth-order valence-corrected chi connectivity index (χ4v) is 5.28. The molecule has 0 atom stereocenters. The molecule has 1 N–H and O–H groups in total. The number of hydrogen-bond donors (Lipinski definition) is 1. The van der Waals surface area contributed by atoms with E-state index in [1.54, 1.807) is 7.05 Å². The molecule has 1 aromatic heterocycles. The summed E-state index contributed by atoms with van der Waals surface area (Å²) in [4.78, 5) is 28.2. The minimum atomic E-state index is -0.779. The van der Waals surface area contributed by atoms with Crippen LogP contribution < -0.4 is 16.6 Å². The maximum atomic E-state index is 13.2. The standard InChI is InChI=1S/C25H22N4O2S2/c1-28-22(27-33(19-14-8-4-9-15-19)20-16-10-5-11-17-20)21(24(30)29(2)25(28)31)23(32)26-18-12-6-3-7-13-18/h3-17H,1-2H3,(H,26,32). The van der Waals surface area contributed by atoms with Gasteiger partial charge in [-0.2, -0.15) is 4.36 Å². The van der Waals surface area contributed by atoms with Crippen LogP contribution in [-0.2, 0) is 24.8 Å². The fourth-order valence-electron chi connectivity index (χ4n) is 3.28. The van der Waals surface area contributed by atoms with Gasteiger partial charge in [0.1, 0.15) is 10.6 Å². The molecule has 0 spiro atoms. The topological polar surface area (TPSA) is 68.4 Å². The number of hydrogen-bond acceptors (Lipinski definition) is 4. The van der Waals surface area contributed by atoms with Gasteiger partial charge in [-0.05, 0) is 47.1 Å². The quantitative estimate of drug-likeness (QED) is 0.435. The van der Waals surface area contributed by atoms with E-state index in [-0.39, 0.29) is 16.4 Å². The van der Waals surface area contributed by atoms with Gasteiger partial charge in [0.15, 0.2) is 5.82 Å². The van der Waals surface area contributed by atoms with E-state index in [9.17, 15) is 9.59 Å². The van der Waals surface area contributed by atoms with Gasteiger partial charge in [0.2, 0.25) is 0 Å². The third-order valence-corrected chi connectivity index (χ3v) is 7.10. The number of thiocarbonyl (C=S) groups is 1. The van der Waals surface area contributed by atoms with Gasteiger partial charge in [0.05, 0.1) is 0 Å². The number of rotatable bonds is 5. The smallest absolute Gasteiger partial charge is 0.332 e. The molecular formula is C25H22N4O2S2. The van der Waals surface area contributed by atoms with Crippen molar-refractivity contribution in [1.82, 2.24) is 9.13 Å². The van der Waals surface area contributed by atoms with E-state index >= 15 is 0 Å². The Morgan fingerprint density at radius 2 is 1.27 bits per heavy atom. The van der Waals surface area contributed by atoms with E-state index < -0.39 is 21.9 Å². The number of aromatic nitrogens is 2. The van der Waals surface area contributed by atoms with Gasteiger partial charge < -0.3 is 5.32 Å². The van der Waals surface area contributed by atoms with E-state index in [2.05, 4.69) is 5.32 Å². The van der Waals surface area contributed by atoms with Crippen LogP contribution >= 0.6 is 12.2 Å². The summed E-state index contributed by atoms with van der Waals surface area (Å²) >= 11 is 5.63. The lowest BCUT2D eigenvalue weighted by molar-refractivity contribution is 0.687. The van der Waals surface area contributed by atoms with Crippen molar-refractivity contribution < 1.29 is 0 Å². The molecule has 0 unspecified atom stereocenters. The van der Waals surface area contributed by atoms with Gasteiger partial charge in [-0.25, -0.2) is 4.79 Å².